The smallest absolute Gasteiger partial charge is 0.416 e. The fourth-order valence-electron chi connectivity index (χ4n) is 3.41. The van der Waals surface area contributed by atoms with Gasteiger partial charge >= 0.3 is 12.4 Å². The van der Waals surface area contributed by atoms with Gasteiger partial charge in [-0.1, -0.05) is 41.9 Å². The molecule has 3 rings (SSSR count). The quantitative estimate of drug-likeness (QED) is 0.324. The topological polar surface area (TPSA) is 84.5 Å². The molecule has 3 aromatic rings. The first-order valence-electron chi connectivity index (χ1n) is 10.6. The first-order chi connectivity index (χ1) is 17.6. The monoisotopic (exact) mass is 580 g/mol. The number of alkyl halides is 6. The molecule has 1 amide bonds. The largest absolute Gasteiger partial charge is 0.495 e. The third-order valence-electron chi connectivity index (χ3n) is 5.17. The second kappa shape index (κ2) is 11.2. The lowest BCUT2D eigenvalue weighted by Gasteiger charge is -2.21. The molecule has 1 atom stereocenters. The Morgan fingerprint density at radius 3 is 2.03 bits per heavy atom. The van der Waals surface area contributed by atoms with Crippen molar-refractivity contribution in [2.45, 2.75) is 29.7 Å². The fraction of sp³-hybridized carbons (Fsp3) is 0.208. The van der Waals surface area contributed by atoms with E-state index < -0.39 is 56.0 Å². The van der Waals surface area contributed by atoms with Crippen molar-refractivity contribution in [3.05, 3.63) is 88.4 Å². The number of amides is 1. The number of hydrogen-bond acceptors (Lipinski definition) is 4. The molecule has 0 aliphatic carbocycles. The lowest BCUT2D eigenvalue weighted by molar-refractivity contribution is -0.143. The van der Waals surface area contributed by atoms with Gasteiger partial charge in [0.25, 0.3) is 0 Å². The minimum Gasteiger partial charge on any atom is -0.495 e. The van der Waals surface area contributed by atoms with Crippen LogP contribution in [0.25, 0.3) is 0 Å². The molecule has 3 aromatic carbocycles. The average Bonchev–Trinajstić information content (AvgIpc) is 2.83. The van der Waals surface area contributed by atoms with Gasteiger partial charge in [-0.3, -0.25) is 4.79 Å². The third-order valence-corrected chi connectivity index (χ3v) is 6.89. The van der Waals surface area contributed by atoms with Crippen LogP contribution in [0.2, 0.25) is 5.02 Å². The van der Waals surface area contributed by atoms with Crippen LogP contribution in [0.15, 0.2) is 71.6 Å². The Morgan fingerprint density at radius 2 is 1.50 bits per heavy atom. The van der Waals surface area contributed by atoms with E-state index in [1.165, 1.54) is 19.2 Å². The van der Waals surface area contributed by atoms with Crippen LogP contribution in [-0.4, -0.2) is 27.5 Å². The summed E-state index contributed by atoms with van der Waals surface area (Å²) in [5, 5.41) is 2.00. The molecule has 0 saturated carbocycles. The van der Waals surface area contributed by atoms with Gasteiger partial charge in [-0.2, -0.15) is 31.1 Å². The standard InChI is InChI=1S/C24H19ClF6N2O4S/c1-37-20-8-7-17(25)13-21(20)38(35,36)33-19(9-14-5-3-2-4-6-14)22(34)32-18-11-15(23(26,27)28)10-16(12-18)24(29,30)31/h2-8,10-13,19,33H,9H2,1H3,(H,32,34)/t19-/m1/s1. The van der Waals surface area contributed by atoms with Crippen LogP contribution >= 0.6 is 11.6 Å². The molecule has 0 heterocycles. The minimum atomic E-state index is -5.14. The molecule has 0 saturated heterocycles. The molecule has 14 heteroatoms. The number of ether oxygens (including phenoxy) is 1. The first-order valence-corrected chi connectivity index (χ1v) is 12.5. The van der Waals surface area contributed by atoms with E-state index in [1.54, 1.807) is 30.3 Å². The third kappa shape index (κ3) is 7.39. The summed E-state index contributed by atoms with van der Waals surface area (Å²) in [7, 11) is -3.33. The second-order valence-electron chi connectivity index (χ2n) is 7.94. The Kier molecular flexibility index (Phi) is 8.64. The molecule has 0 aliphatic heterocycles. The van der Waals surface area contributed by atoms with E-state index >= 15 is 0 Å². The van der Waals surface area contributed by atoms with Gasteiger partial charge in [-0.15, -0.1) is 0 Å². The van der Waals surface area contributed by atoms with Crippen LogP contribution in [0.5, 0.6) is 5.75 Å². The summed E-state index contributed by atoms with van der Waals surface area (Å²) in [6.07, 6.45) is -10.6. The normalized spacial score (nSPS) is 13.2. The number of carbonyl (C=O) groups is 1. The number of methoxy groups -OCH3 is 1. The number of nitrogens with one attached hydrogen (secondary N) is 2. The summed E-state index contributed by atoms with van der Waals surface area (Å²) < 4.78 is 113. The molecular weight excluding hydrogens is 562 g/mol. The van der Waals surface area contributed by atoms with Crippen LogP contribution < -0.4 is 14.8 Å². The zero-order valence-electron chi connectivity index (χ0n) is 19.3. The van der Waals surface area contributed by atoms with Gasteiger partial charge in [0.2, 0.25) is 15.9 Å². The summed E-state index contributed by atoms with van der Waals surface area (Å²) in [5.41, 5.74) is -3.67. The van der Waals surface area contributed by atoms with Crippen molar-refractivity contribution in [3.8, 4) is 5.75 Å². The molecule has 6 nitrogen and oxygen atoms in total. The minimum absolute atomic E-state index is 0.0267. The Balaban J connectivity index is 2.01. The number of hydrogen-bond donors (Lipinski definition) is 2. The SMILES string of the molecule is COc1ccc(Cl)cc1S(=O)(=O)N[C@H](Cc1ccccc1)C(=O)Nc1cc(C(F)(F)F)cc(C(F)(F)F)c1. The van der Waals surface area contributed by atoms with Crippen LogP contribution in [-0.2, 0) is 33.6 Å². The molecule has 0 aliphatic rings. The van der Waals surface area contributed by atoms with E-state index in [9.17, 15) is 39.6 Å². The van der Waals surface area contributed by atoms with Crippen molar-refractivity contribution in [3.63, 3.8) is 0 Å². The molecule has 0 unspecified atom stereocenters. The lowest BCUT2D eigenvalue weighted by Crippen LogP contribution is -2.45. The predicted octanol–water partition coefficient (Wildman–Crippen LogP) is 5.91. The zero-order chi connectivity index (χ0) is 28.3. The second-order valence-corrected chi connectivity index (χ2v) is 10.1. The molecule has 0 radical (unpaired) electrons. The molecule has 38 heavy (non-hydrogen) atoms. The zero-order valence-corrected chi connectivity index (χ0v) is 20.9. The Bertz CT molecular complexity index is 1380. The van der Waals surface area contributed by atoms with Gasteiger partial charge in [0, 0.05) is 10.7 Å². The Labute approximate surface area is 218 Å². The van der Waals surface area contributed by atoms with Gasteiger partial charge in [0.1, 0.15) is 16.7 Å². The van der Waals surface area contributed by atoms with Crippen molar-refractivity contribution >= 4 is 33.2 Å². The summed E-state index contributed by atoms with van der Waals surface area (Å²) in [5.74, 6) is -1.32. The highest BCUT2D eigenvalue weighted by Gasteiger charge is 2.37. The van der Waals surface area contributed by atoms with Crippen LogP contribution in [0, 0.1) is 0 Å². The van der Waals surface area contributed by atoms with E-state index in [4.69, 9.17) is 16.3 Å². The maximum absolute atomic E-state index is 13.2. The first kappa shape index (κ1) is 29.3. The van der Waals surface area contributed by atoms with E-state index in [0.29, 0.717) is 17.7 Å². The molecule has 2 N–H and O–H groups in total. The maximum Gasteiger partial charge on any atom is 0.416 e. The van der Waals surface area contributed by atoms with Crippen molar-refractivity contribution in [1.82, 2.24) is 4.72 Å². The number of rotatable bonds is 8. The number of carbonyl (C=O) groups excluding carboxylic acids is 1. The predicted molar refractivity (Wildman–Crippen MR) is 127 cm³/mol. The lowest BCUT2D eigenvalue weighted by atomic mass is 10.1. The summed E-state index contributed by atoms with van der Waals surface area (Å²) in [4.78, 5) is 12.7. The highest BCUT2D eigenvalue weighted by molar-refractivity contribution is 7.89. The van der Waals surface area contributed by atoms with Gasteiger partial charge in [0.05, 0.1) is 18.2 Å². The number of halogens is 7. The van der Waals surface area contributed by atoms with Crippen LogP contribution in [0.4, 0.5) is 32.0 Å². The maximum atomic E-state index is 13.2. The van der Waals surface area contributed by atoms with E-state index in [0.717, 1.165) is 6.07 Å². The summed E-state index contributed by atoms with van der Waals surface area (Å²) in [6, 6.07) is 10.5. The van der Waals surface area contributed by atoms with Crippen molar-refractivity contribution < 1.29 is 44.3 Å². The average molecular weight is 581 g/mol. The van der Waals surface area contributed by atoms with Crippen molar-refractivity contribution in [1.29, 1.82) is 0 Å². The molecule has 204 valence electrons. The Morgan fingerprint density at radius 1 is 0.921 bits per heavy atom. The van der Waals surface area contributed by atoms with E-state index in [1.807, 2.05) is 5.32 Å². The Hall–Kier alpha value is -3.29. The van der Waals surface area contributed by atoms with Gasteiger partial charge in [-0.25, -0.2) is 8.42 Å². The number of benzene rings is 3. The molecule has 0 spiro atoms. The molecule has 0 bridgehead atoms. The highest BCUT2D eigenvalue weighted by atomic mass is 35.5. The molecular formula is C24H19ClF6N2O4S. The van der Waals surface area contributed by atoms with E-state index in [-0.39, 0.29) is 23.3 Å². The van der Waals surface area contributed by atoms with Gasteiger partial charge in [0.15, 0.2) is 0 Å². The highest BCUT2D eigenvalue weighted by Crippen LogP contribution is 2.37. The van der Waals surface area contributed by atoms with Gasteiger partial charge < -0.3 is 10.1 Å². The molecule has 0 aromatic heterocycles. The van der Waals surface area contributed by atoms with E-state index in [2.05, 4.69) is 4.72 Å². The van der Waals surface area contributed by atoms with Crippen molar-refractivity contribution in [2.75, 3.05) is 12.4 Å². The molecule has 0 fully saturated rings. The van der Waals surface area contributed by atoms with Crippen molar-refractivity contribution in [2.24, 2.45) is 0 Å². The van der Waals surface area contributed by atoms with Gasteiger partial charge in [-0.05, 0) is 48.4 Å². The fourth-order valence-corrected chi connectivity index (χ4v) is 5.03. The number of anilines is 1. The summed E-state index contributed by atoms with van der Waals surface area (Å²) >= 11 is 5.91. The van der Waals surface area contributed by atoms with Crippen LogP contribution in [0.1, 0.15) is 16.7 Å². The number of sulfonamides is 1. The van der Waals surface area contributed by atoms with Crippen LogP contribution in [0.3, 0.4) is 0 Å². The summed E-state index contributed by atoms with van der Waals surface area (Å²) in [6.45, 7) is 0.